The van der Waals surface area contributed by atoms with E-state index in [1.54, 1.807) is 0 Å². The number of nitrogens with zero attached hydrogens (tertiary/aromatic N) is 1. The van der Waals surface area contributed by atoms with Gasteiger partial charge in [0.25, 0.3) is 0 Å². The molecule has 0 aliphatic carbocycles. The summed E-state index contributed by atoms with van der Waals surface area (Å²) in [7, 11) is -5.39. The Kier molecular flexibility index (Phi) is 9.47. The number of nitrogens with one attached hydrogen (secondary N) is 1. The van der Waals surface area contributed by atoms with Crippen LogP contribution in [-0.4, -0.2) is 29.9 Å². The predicted octanol–water partition coefficient (Wildman–Crippen LogP) is 1.07. The van der Waals surface area contributed by atoms with E-state index in [-0.39, 0.29) is 11.9 Å². The van der Waals surface area contributed by atoms with E-state index in [0.29, 0.717) is 0 Å². The SMILES string of the molecule is CCCCN1CCCCC1C(=O)Nc1c(C)cccc1C.O=P([O-])([O-])[O-]. The minimum absolute atomic E-state index is 0.0457. The van der Waals surface area contributed by atoms with Crippen molar-refractivity contribution in [1.29, 1.82) is 0 Å². The van der Waals surface area contributed by atoms with Gasteiger partial charge in [0.2, 0.25) is 5.91 Å². The number of amides is 1. The van der Waals surface area contributed by atoms with Crippen LogP contribution in [0.1, 0.15) is 50.2 Å². The maximum Gasteiger partial charge on any atom is 0.241 e. The van der Waals surface area contributed by atoms with Gasteiger partial charge >= 0.3 is 0 Å². The number of piperidine rings is 1. The molecule has 26 heavy (non-hydrogen) atoms. The van der Waals surface area contributed by atoms with Gasteiger partial charge < -0.3 is 24.6 Å². The number of phosphoric acid groups is 1. The summed E-state index contributed by atoms with van der Waals surface area (Å²) in [6.45, 7) is 8.42. The molecule has 148 valence electrons. The Morgan fingerprint density at radius 1 is 1.23 bits per heavy atom. The number of anilines is 1. The van der Waals surface area contributed by atoms with Gasteiger partial charge in [0, 0.05) is 5.69 Å². The summed E-state index contributed by atoms with van der Waals surface area (Å²) in [6, 6.07) is 6.19. The third-order valence-electron chi connectivity index (χ3n) is 4.44. The Morgan fingerprint density at radius 3 is 2.35 bits per heavy atom. The highest BCUT2D eigenvalue weighted by Gasteiger charge is 2.28. The molecule has 0 radical (unpaired) electrons. The zero-order valence-electron chi connectivity index (χ0n) is 15.7. The lowest BCUT2D eigenvalue weighted by Gasteiger charge is -2.36. The number of rotatable bonds is 5. The van der Waals surface area contributed by atoms with Gasteiger partial charge in [0.15, 0.2) is 0 Å². The molecule has 1 aromatic carbocycles. The monoisotopic (exact) mass is 383 g/mol. The summed E-state index contributed by atoms with van der Waals surface area (Å²) in [4.78, 5) is 40.7. The second-order valence-corrected chi connectivity index (χ2v) is 7.50. The molecule has 2 rings (SSSR count). The highest BCUT2D eigenvalue weighted by molar-refractivity contribution is 7.40. The van der Waals surface area contributed by atoms with Gasteiger partial charge in [-0.05, 0) is 57.3 Å². The van der Waals surface area contributed by atoms with Gasteiger partial charge in [-0.3, -0.25) is 9.69 Å². The second kappa shape index (κ2) is 10.8. The Morgan fingerprint density at radius 2 is 1.81 bits per heavy atom. The average molecular weight is 383 g/mol. The van der Waals surface area contributed by atoms with E-state index in [4.69, 9.17) is 19.2 Å². The van der Waals surface area contributed by atoms with Crippen LogP contribution in [0, 0.1) is 13.8 Å². The minimum atomic E-state index is -5.39. The van der Waals surface area contributed by atoms with Crippen LogP contribution in [0.15, 0.2) is 18.2 Å². The Balaban J connectivity index is 0.000000597. The van der Waals surface area contributed by atoms with E-state index in [9.17, 15) is 4.79 Å². The number of para-hydroxylation sites is 1. The summed E-state index contributed by atoms with van der Waals surface area (Å²) in [5.74, 6) is 0.170. The Hall–Kier alpha value is -1.24. The zero-order valence-corrected chi connectivity index (χ0v) is 16.6. The van der Waals surface area contributed by atoms with E-state index in [1.165, 1.54) is 19.3 Å². The van der Waals surface area contributed by atoms with Crippen molar-refractivity contribution < 1.29 is 24.0 Å². The molecular weight excluding hydrogens is 355 g/mol. The maximum absolute atomic E-state index is 12.7. The first-order valence-corrected chi connectivity index (χ1v) is 10.4. The summed E-state index contributed by atoms with van der Waals surface area (Å²) < 4.78 is 8.55. The topological polar surface area (TPSA) is 119 Å². The fraction of sp³-hybridized carbons (Fsp3) is 0.611. The van der Waals surface area contributed by atoms with Gasteiger partial charge in [-0.1, -0.05) is 38.0 Å². The molecule has 0 saturated carbocycles. The number of hydrogen-bond donors (Lipinski definition) is 1. The lowest BCUT2D eigenvalue weighted by Crippen LogP contribution is -2.47. The predicted molar refractivity (Wildman–Crippen MR) is 96.3 cm³/mol. The molecule has 1 aliphatic heterocycles. The van der Waals surface area contributed by atoms with Crippen molar-refractivity contribution in [1.82, 2.24) is 4.90 Å². The highest BCUT2D eigenvalue weighted by Crippen LogP contribution is 2.23. The van der Waals surface area contributed by atoms with Gasteiger partial charge in [-0.15, -0.1) is 0 Å². The molecule has 0 aromatic heterocycles. The van der Waals surface area contributed by atoms with Crippen molar-refractivity contribution in [3.8, 4) is 0 Å². The third kappa shape index (κ3) is 8.43. The molecule has 1 heterocycles. The minimum Gasteiger partial charge on any atom is -0.822 e. The smallest absolute Gasteiger partial charge is 0.241 e. The van der Waals surface area contributed by atoms with Crippen molar-refractivity contribution in [2.75, 3.05) is 18.4 Å². The summed E-state index contributed by atoms with van der Waals surface area (Å²) in [5.41, 5.74) is 3.27. The lowest BCUT2D eigenvalue weighted by molar-refractivity contribution is -0.432. The van der Waals surface area contributed by atoms with E-state index in [2.05, 4.69) is 43.1 Å². The van der Waals surface area contributed by atoms with Crippen LogP contribution in [0.25, 0.3) is 0 Å². The molecule has 1 aliphatic rings. The van der Waals surface area contributed by atoms with Gasteiger partial charge in [0.05, 0.1) is 6.04 Å². The molecular formula is C18H28N2O5P-3. The van der Waals surface area contributed by atoms with E-state index < -0.39 is 7.82 Å². The van der Waals surface area contributed by atoms with Crippen LogP contribution >= 0.6 is 7.82 Å². The molecule has 7 nitrogen and oxygen atoms in total. The molecule has 1 amide bonds. The summed E-state index contributed by atoms with van der Waals surface area (Å²) >= 11 is 0. The normalized spacial score (nSPS) is 18.0. The molecule has 0 bridgehead atoms. The molecule has 8 heteroatoms. The number of likely N-dealkylation sites (tertiary alicyclic amines) is 1. The van der Waals surface area contributed by atoms with Crippen molar-refractivity contribution in [2.45, 2.75) is 58.9 Å². The molecule has 1 N–H and O–H groups in total. The first kappa shape index (κ1) is 22.8. The Bertz CT molecular complexity index is 603. The largest absolute Gasteiger partial charge is 0.822 e. The zero-order chi connectivity index (χ0) is 19.7. The third-order valence-corrected chi connectivity index (χ3v) is 4.44. The average Bonchev–Trinajstić information content (AvgIpc) is 2.55. The number of aryl methyl sites for hydroxylation is 2. The first-order valence-electron chi connectivity index (χ1n) is 8.97. The highest BCUT2D eigenvalue weighted by atomic mass is 31.2. The molecule has 1 saturated heterocycles. The number of carbonyl (C=O) groups is 1. The fourth-order valence-corrected chi connectivity index (χ4v) is 3.13. The van der Waals surface area contributed by atoms with Gasteiger partial charge in [0.1, 0.15) is 0 Å². The van der Waals surface area contributed by atoms with Crippen LogP contribution in [0.2, 0.25) is 0 Å². The van der Waals surface area contributed by atoms with Crippen LogP contribution in [-0.2, 0) is 9.36 Å². The molecule has 1 aromatic rings. The summed E-state index contributed by atoms with van der Waals surface area (Å²) in [5, 5.41) is 3.17. The van der Waals surface area contributed by atoms with Crippen molar-refractivity contribution in [3.05, 3.63) is 29.3 Å². The standard InChI is InChI=1S/C18H28N2O.H3O4P/c1-4-5-12-20-13-7-6-11-16(20)18(21)19-17-14(2)9-8-10-15(17)3;1-5(2,3)4/h8-10,16H,4-7,11-13H2,1-3H3,(H,19,21);(H3,1,2,3,4)/p-3. The van der Waals surface area contributed by atoms with Crippen molar-refractivity contribution in [2.24, 2.45) is 0 Å². The van der Waals surface area contributed by atoms with Crippen molar-refractivity contribution in [3.63, 3.8) is 0 Å². The summed E-state index contributed by atoms with van der Waals surface area (Å²) in [6.07, 6.45) is 5.72. The number of carbonyl (C=O) groups excluding carboxylic acids is 1. The van der Waals surface area contributed by atoms with Gasteiger partial charge in [-0.2, -0.15) is 7.82 Å². The van der Waals surface area contributed by atoms with Crippen molar-refractivity contribution >= 4 is 19.4 Å². The van der Waals surface area contributed by atoms with Crippen LogP contribution < -0.4 is 20.0 Å². The second-order valence-electron chi connectivity index (χ2n) is 6.60. The molecule has 1 atom stereocenters. The fourth-order valence-electron chi connectivity index (χ4n) is 3.13. The molecule has 0 spiro atoms. The van der Waals surface area contributed by atoms with Crippen LogP contribution in [0.3, 0.4) is 0 Å². The number of benzene rings is 1. The van der Waals surface area contributed by atoms with Crippen LogP contribution in [0.4, 0.5) is 5.69 Å². The molecule has 1 fully saturated rings. The maximum atomic E-state index is 12.7. The molecule has 1 unspecified atom stereocenters. The first-order chi connectivity index (χ1) is 12.1. The van der Waals surface area contributed by atoms with Crippen LogP contribution in [0.5, 0.6) is 0 Å². The van der Waals surface area contributed by atoms with E-state index in [1.807, 2.05) is 6.07 Å². The number of unbranched alkanes of at least 4 members (excludes halogenated alkanes) is 1. The quantitative estimate of drug-likeness (QED) is 0.760. The lowest BCUT2D eigenvalue weighted by atomic mass is 10.00. The van der Waals surface area contributed by atoms with E-state index >= 15 is 0 Å². The Labute approximate surface area is 155 Å². The number of hydrogen-bond acceptors (Lipinski definition) is 6. The van der Waals surface area contributed by atoms with Gasteiger partial charge in [-0.25, -0.2) is 0 Å². The van der Waals surface area contributed by atoms with E-state index in [0.717, 1.165) is 42.7 Å².